The van der Waals surface area contributed by atoms with Crippen molar-refractivity contribution in [1.29, 1.82) is 0 Å². The molecular weight excluding hydrogens is 266 g/mol. The van der Waals surface area contributed by atoms with Crippen molar-refractivity contribution in [3.63, 3.8) is 0 Å². The molecule has 0 heterocycles. The van der Waals surface area contributed by atoms with E-state index in [4.69, 9.17) is 5.73 Å². The fraction of sp³-hybridized carbons (Fsp3) is 0.500. The van der Waals surface area contributed by atoms with Crippen LogP contribution in [0.4, 0.5) is 11.4 Å². The van der Waals surface area contributed by atoms with Gasteiger partial charge in [-0.3, -0.25) is 9.59 Å². The monoisotopic (exact) mass is 291 g/mol. The van der Waals surface area contributed by atoms with Crippen LogP contribution in [0.3, 0.4) is 0 Å². The molecule has 0 unspecified atom stereocenters. The summed E-state index contributed by atoms with van der Waals surface area (Å²) in [5, 5.41) is 5.66. The number of rotatable bonds is 6. The molecule has 1 aromatic rings. The standard InChI is InChI=1S/C16H25N3O2/c1-16(2,3)15(21)19-13-9-7-12(8-10-13)18-14(20)6-4-5-11-17/h7-10H,4-6,11,17H2,1-3H3,(H,18,20)(H,19,21). The first-order chi connectivity index (χ1) is 9.82. The minimum absolute atomic E-state index is 0.0186. The van der Waals surface area contributed by atoms with Crippen molar-refractivity contribution in [2.45, 2.75) is 40.0 Å². The van der Waals surface area contributed by atoms with Gasteiger partial charge in [0, 0.05) is 23.2 Å². The zero-order valence-corrected chi connectivity index (χ0v) is 13.0. The van der Waals surface area contributed by atoms with Crippen LogP contribution in [-0.4, -0.2) is 18.4 Å². The Morgan fingerprint density at radius 3 is 2.00 bits per heavy atom. The number of hydrogen-bond acceptors (Lipinski definition) is 3. The molecule has 21 heavy (non-hydrogen) atoms. The lowest BCUT2D eigenvalue weighted by molar-refractivity contribution is -0.123. The van der Waals surface area contributed by atoms with Crippen LogP contribution in [-0.2, 0) is 9.59 Å². The van der Waals surface area contributed by atoms with E-state index >= 15 is 0 Å². The van der Waals surface area contributed by atoms with E-state index in [0.29, 0.717) is 13.0 Å². The highest BCUT2D eigenvalue weighted by atomic mass is 16.2. The van der Waals surface area contributed by atoms with Crippen molar-refractivity contribution < 1.29 is 9.59 Å². The Labute approximate surface area is 126 Å². The van der Waals surface area contributed by atoms with Crippen LogP contribution >= 0.6 is 0 Å². The van der Waals surface area contributed by atoms with Crippen molar-refractivity contribution in [1.82, 2.24) is 0 Å². The van der Waals surface area contributed by atoms with Gasteiger partial charge >= 0.3 is 0 Å². The molecule has 1 aromatic carbocycles. The lowest BCUT2D eigenvalue weighted by Crippen LogP contribution is -2.27. The van der Waals surface area contributed by atoms with Crippen molar-refractivity contribution in [3.8, 4) is 0 Å². The van der Waals surface area contributed by atoms with Crippen molar-refractivity contribution >= 4 is 23.2 Å². The molecule has 5 heteroatoms. The topological polar surface area (TPSA) is 84.2 Å². The van der Waals surface area contributed by atoms with E-state index in [9.17, 15) is 9.59 Å². The lowest BCUT2D eigenvalue weighted by Gasteiger charge is -2.17. The molecule has 116 valence electrons. The lowest BCUT2D eigenvalue weighted by atomic mass is 9.95. The number of carbonyl (C=O) groups is 2. The van der Waals surface area contributed by atoms with Gasteiger partial charge < -0.3 is 16.4 Å². The van der Waals surface area contributed by atoms with E-state index in [0.717, 1.165) is 24.2 Å². The van der Waals surface area contributed by atoms with E-state index in [1.165, 1.54) is 0 Å². The molecule has 0 saturated carbocycles. The fourth-order valence-electron chi connectivity index (χ4n) is 1.61. The SMILES string of the molecule is CC(C)(C)C(=O)Nc1ccc(NC(=O)CCCCN)cc1. The van der Waals surface area contributed by atoms with Gasteiger partial charge in [0.2, 0.25) is 11.8 Å². The van der Waals surface area contributed by atoms with Gasteiger partial charge in [0.25, 0.3) is 0 Å². The molecule has 0 radical (unpaired) electrons. The molecule has 0 fully saturated rings. The van der Waals surface area contributed by atoms with Crippen LogP contribution in [0.1, 0.15) is 40.0 Å². The maximum Gasteiger partial charge on any atom is 0.229 e. The fourth-order valence-corrected chi connectivity index (χ4v) is 1.61. The Balaban J connectivity index is 2.50. The van der Waals surface area contributed by atoms with Gasteiger partial charge in [-0.25, -0.2) is 0 Å². The molecule has 1 rings (SSSR count). The number of nitrogens with one attached hydrogen (secondary N) is 2. The number of unbranched alkanes of at least 4 members (excludes halogenated alkanes) is 1. The van der Waals surface area contributed by atoms with Gasteiger partial charge in [0.05, 0.1) is 0 Å². The first-order valence-electron chi connectivity index (χ1n) is 7.24. The predicted molar refractivity (Wildman–Crippen MR) is 86.1 cm³/mol. The van der Waals surface area contributed by atoms with Gasteiger partial charge in [-0.2, -0.15) is 0 Å². The maximum absolute atomic E-state index is 11.9. The first-order valence-corrected chi connectivity index (χ1v) is 7.24. The highest BCUT2D eigenvalue weighted by Gasteiger charge is 2.20. The number of nitrogens with two attached hydrogens (primary N) is 1. The molecule has 0 spiro atoms. The Bertz CT molecular complexity index is 475. The summed E-state index contributed by atoms with van der Waals surface area (Å²) in [5.74, 6) is -0.0593. The number of carbonyl (C=O) groups excluding carboxylic acids is 2. The minimum atomic E-state index is -0.435. The van der Waals surface area contributed by atoms with Gasteiger partial charge in [0.1, 0.15) is 0 Å². The minimum Gasteiger partial charge on any atom is -0.330 e. The van der Waals surface area contributed by atoms with E-state index in [-0.39, 0.29) is 11.8 Å². The predicted octanol–water partition coefficient (Wildman–Crippen LogP) is 2.74. The highest BCUT2D eigenvalue weighted by molar-refractivity contribution is 5.95. The summed E-state index contributed by atoms with van der Waals surface area (Å²) in [4.78, 5) is 23.5. The highest BCUT2D eigenvalue weighted by Crippen LogP contribution is 2.19. The van der Waals surface area contributed by atoms with Gasteiger partial charge in [-0.15, -0.1) is 0 Å². The molecule has 0 aliphatic carbocycles. The van der Waals surface area contributed by atoms with Gasteiger partial charge in [-0.1, -0.05) is 20.8 Å². The van der Waals surface area contributed by atoms with Crippen molar-refractivity contribution in [2.75, 3.05) is 17.2 Å². The number of benzene rings is 1. The summed E-state index contributed by atoms with van der Waals surface area (Å²) in [6, 6.07) is 7.11. The first kappa shape index (κ1) is 17.2. The molecule has 0 aliphatic heterocycles. The second kappa shape index (κ2) is 7.78. The van der Waals surface area contributed by atoms with Crippen LogP contribution < -0.4 is 16.4 Å². The van der Waals surface area contributed by atoms with Crippen LogP contribution in [0.15, 0.2) is 24.3 Å². The summed E-state index contributed by atoms with van der Waals surface area (Å²) in [7, 11) is 0. The van der Waals surface area contributed by atoms with E-state index in [2.05, 4.69) is 10.6 Å². The second-order valence-electron chi connectivity index (χ2n) is 6.08. The average molecular weight is 291 g/mol. The molecule has 0 aromatic heterocycles. The average Bonchev–Trinajstić information content (AvgIpc) is 2.40. The van der Waals surface area contributed by atoms with Crippen LogP contribution in [0.2, 0.25) is 0 Å². The molecule has 0 bridgehead atoms. The number of hydrogen-bond donors (Lipinski definition) is 3. The van der Waals surface area contributed by atoms with Crippen LogP contribution in [0.25, 0.3) is 0 Å². The molecule has 0 saturated heterocycles. The summed E-state index contributed by atoms with van der Waals surface area (Å²) >= 11 is 0. The summed E-state index contributed by atoms with van der Waals surface area (Å²) in [5.41, 5.74) is 6.40. The molecule has 4 N–H and O–H groups in total. The quantitative estimate of drug-likeness (QED) is 0.705. The van der Waals surface area contributed by atoms with Gasteiger partial charge in [0.15, 0.2) is 0 Å². The zero-order valence-electron chi connectivity index (χ0n) is 13.0. The number of amides is 2. The summed E-state index contributed by atoms with van der Waals surface area (Å²) in [6.45, 7) is 6.18. The molecular formula is C16H25N3O2. The summed E-state index contributed by atoms with van der Waals surface area (Å²) in [6.07, 6.45) is 2.12. The van der Waals surface area contributed by atoms with Crippen molar-refractivity contribution in [2.24, 2.45) is 11.1 Å². The Morgan fingerprint density at radius 1 is 1.00 bits per heavy atom. The Hall–Kier alpha value is -1.88. The van der Waals surface area contributed by atoms with Crippen LogP contribution in [0.5, 0.6) is 0 Å². The molecule has 2 amide bonds. The smallest absolute Gasteiger partial charge is 0.229 e. The Kier molecular flexibility index (Phi) is 6.37. The molecule has 0 aliphatic rings. The third-order valence-electron chi connectivity index (χ3n) is 2.97. The van der Waals surface area contributed by atoms with E-state index in [1.807, 2.05) is 20.8 Å². The molecule has 5 nitrogen and oxygen atoms in total. The third kappa shape index (κ3) is 6.40. The molecule has 0 atom stereocenters. The third-order valence-corrected chi connectivity index (χ3v) is 2.97. The van der Waals surface area contributed by atoms with Crippen LogP contribution in [0, 0.1) is 5.41 Å². The van der Waals surface area contributed by atoms with Crippen molar-refractivity contribution in [3.05, 3.63) is 24.3 Å². The largest absolute Gasteiger partial charge is 0.330 e. The normalized spacial score (nSPS) is 11.0. The zero-order chi connectivity index (χ0) is 15.9. The van der Waals surface area contributed by atoms with E-state index in [1.54, 1.807) is 24.3 Å². The Morgan fingerprint density at radius 2 is 1.52 bits per heavy atom. The van der Waals surface area contributed by atoms with E-state index < -0.39 is 5.41 Å². The number of anilines is 2. The summed E-state index contributed by atoms with van der Waals surface area (Å²) < 4.78 is 0. The van der Waals surface area contributed by atoms with Gasteiger partial charge in [-0.05, 0) is 43.7 Å². The maximum atomic E-state index is 11.9. The second-order valence-corrected chi connectivity index (χ2v) is 6.08.